The van der Waals surface area contributed by atoms with Crippen molar-refractivity contribution < 1.29 is 9.59 Å². The van der Waals surface area contributed by atoms with Crippen molar-refractivity contribution >= 4 is 11.8 Å². The first-order valence-electron chi connectivity index (χ1n) is 11.2. The number of fused-ring (bicyclic) bond motifs is 1. The molecule has 1 atom stereocenters. The van der Waals surface area contributed by atoms with Crippen LogP contribution in [0.1, 0.15) is 55.7 Å². The van der Waals surface area contributed by atoms with E-state index in [0.717, 1.165) is 6.54 Å². The molecule has 0 bridgehead atoms. The van der Waals surface area contributed by atoms with E-state index in [2.05, 4.69) is 32.0 Å². The Morgan fingerprint density at radius 1 is 0.966 bits per heavy atom. The number of hydrogen-bond donors (Lipinski definition) is 0. The van der Waals surface area contributed by atoms with Crippen molar-refractivity contribution in [1.82, 2.24) is 14.7 Å². The van der Waals surface area contributed by atoms with E-state index in [9.17, 15) is 9.59 Å². The van der Waals surface area contributed by atoms with E-state index in [1.54, 1.807) is 0 Å². The molecule has 29 heavy (non-hydrogen) atoms. The highest BCUT2D eigenvalue weighted by atomic mass is 16.2. The summed E-state index contributed by atoms with van der Waals surface area (Å²) >= 11 is 0. The summed E-state index contributed by atoms with van der Waals surface area (Å²) in [5, 5.41) is 0. The Balaban J connectivity index is 1.55. The number of benzene rings is 1. The molecular weight excluding hydrogens is 362 g/mol. The van der Waals surface area contributed by atoms with E-state index in [4.69, 9.17) is 0 Å². The van der Waals surface area contributed by atoms with Gasteiger partial charge in [0.2, 0.25) is 11.8 Å². The Bertz CT molecular complexity index is 721. The van der Waals surface area contributed by atoms with Crippen LogP contribution in [0.25, 0.3) is 0 Å². The third-order valence-electron chi connectivity index (χ3n) is 6.51. The maximum atomic E-state index is 13.0. The smallest absolute Gasteiger partial charge is 0.223 e. The normalized spacial score (nSPS) is 17.7. The number of amides is 2. The molecule has 0 spiro atoms. The first-order valence-corrected chi connectivity index (χ1v) is 11.2. The summed E-state index contributed by atoms with van der Waals surface area (Å²) in [7, 11) is 3.96. The molecule has 0 aromatic heterocycles. The van der Waals surface area contributed by atoms with Crippen LogP contribution >= 0.6 is 0 Å². The van der Waals surface area contributed by atoms with Crippen molar-refractivity contribution in [2.24, 2.45) is 5.92 Å². The zero-order valence-corrected chi connectivity index (χ0v) is 18.6. The summed E-state index contributed by atoms with van der Waals surface area (Å²) in [5.74, 6) is 1.11. The van der Waals surface area contributed by atoms with E-state index in [1.807, 2.05) is 28.8 Å². The molecule has 1 saturated heterocycles. The van der Waals surface area contributed by atoms with Crippen molar-refractivity contribution in [1.29, 1.82) is 0 Å². The van der Waals surface area contributed by atoms with Crippen molar-refractivity contribution in [3.05, 3.63) is 34.9 Å². The van der Waals surface area contributed by atoms with Gasteiger partial charge in [0, 0.05) is 45.6 Å². The van der Waals surface area contributed by atoms with Crippen LogP contribution in [0, 0.1) is 5.92 Å². The van der Waals surface area contributed by atoms with Gasteiger partial charge >= 0.3 is 0 Å². The van der Waals surface area contributed by atoms with Gasteiger partial charge in [-0.2, -0.15) is 0 Å². The summed E-state index contributed by atoms with van der Waals surface area (Å²) in [4.78, 5) is 31.2. The molecule has 1 unspecified atom stereocenters. The second-order valence-electron chi connectivity index (χ2n) is 9.25. The van der Waals surface area contributed by atoms with E-state index >= 15 is 0 Å². The number of rotatable bonds is 7. The number of carbonyl (C=O) groups excluding carboxylic acids is 2. The Kier molecular flexibility index (Phi) is 7.33. The fourth-order valence-electron chi connectivity index (χ4n) is 4.56. The Morgan fingerprint density at radius 3 is 2.21 bits per heavy atom. The lowest BCUT2D eigenvalue weighted by Gasteiger charge is -2.36. The van der Waals surface area contributed by atoms with E-state index < -0.39 is 0 Å². The monoisotopic (exact) mass is 399 g/mol. The minimum atomic E-state index is 0.198. The summed E-state index contributed by atoms with van der Waals surface area (Å²) in [6, 6.07) is 6.86. The minimum absolute atomic E-state index is 0.198. The molecule has 0 N–H and O–H groups in total. The average Bonchev–Trinajstić information content (AvgIpc) is 3.17. The molecule has 1 fully saturated rings. The van der Waals surface area contributed by atoms with Gasteiger partial charge in [-0.1, -0.05) is 32.0 Å². The SMILES string of the molecule is CC(C)C(CC(=O)N1CCN(C(=O)CCN(C)C)CC1)c1ccc2c(c1)CCC2. The first-order chi connectivity index (χ1) is 13.8. The number of nitrogens with zero attached hydrogens (tertiary/aromatic N) is 3. The Morgan fingerprint density at radius 2 is 1.59 bits per heavy atom. The molecule has 1 heterocycles. The highest BCUT2D eigenvalue weighted by Crippen LogP contribution is 2.32. The van der Waals surface area contributed by atoms with Gasteiger partial charge in [-0.3, -0.25) is 9.59 Å². The minimum Gasteiger partial charge on any atom is -0.339 e. The largest absolute Gasteiger partial charge is 0.339 e. The van der Waals surface area contributed by atoms with Crippen LogP contribution < -0.4 is 0 Å². The Hall–Kier alpha value is -1.88. The van der Waals surface area contributed by atoms with Crippen LogP contribution in [0.3, 0.4) is 0 Å². The van der Waals surface area contributed by atoms with Gasteiger partial charge in [-0.05, 0) is 61.9 Å². The van der Waals surface area contributed by atoms with Gasteiger partial charge in [-0.15, -0.1) is 0 Å². The molecule has 0 saturated carbocycles. The molecule has 1 aliphatic carbocycles. The molecule has 3 rings (SSSR count). The Labute approximate surface area is 176 Å². The van der Waals surface area contributed by atoms with Crippen LogP contribution in [0.5, 0.6) is 0 Å². The molecule has 160 valence electrons. The predicted molar refractivity (Wildman–Crippen MR) is 117 cm³/mol. The van der Waals surface area contributed by atoms with Gasteiger partial charge in [0.05, 0.1) is 0 Å². The van der Waals surface area contributed by atoms with Crippen molar-refractivity contribution in [2.45, 2.75) is 51.9 Å². The van der Waals surface area contributed by atoms with Crippen LogP contribution in [-0.2, 0) is 22.4 Å². The number of carbonyl (C=O) groups is 2. The topological polar surface area (TPSA) is 43.9 Å². The molecule has 2 amide bonds. The van der Waals surface area contributed by atoms with Crippen LogP contribution in [0.4, 0.5) is 0 Å². The quantitative estimate of drug-likeness (QED) is 0.708. The van der Waals surface area contributed by atoms with E-state index in [0.29, 0.717) is 44.9 Å². The van der Waals surface area contributed by atoms with Crippen LogP contribution in [-0.4, -0.2) is 73.3 Å². The maximum Gasteiger partial charge on any atom is 0.223 e. The summed E-state index contributed by atoms with van der Waals surface area (Å²) < 4.78 is 0. The van der Waals surface area contributed by atoms with Gasteiger partial charge in [0.25, 0.3) is 0 Å². The molecule has 5 heteroatoms. The van der Waals surface area contributed by atoms with Crippen LogP contribution in [0.15, 0.2) is 18.2 Å². The molecule has 0 radical (unpaired) electrons. The molecule has 1 aliphatic heterocycles. The lowest BCUT2D eigenvalue weighted by Crippen LogP contribution is -2.51. The molecule has 5 nitrogen and oxygen atoms in total. The number of hydrogen-bond acceptors (Lipinski definition) is 3. The van der Waals surface area contributed by atoms with Gasteiger partial charge in [-0.25, -0.2) is 0 Å². The highest BCUT2D eigenvalue weighted by molar-refractivity contribution is 5.79. The third-order valence-corrected chi connectivity index (χ3v) is 6.51. The molecule has 1 aromatic rings. The summed E-state index contributed by atoms with van der Waals surface area (Å²) in [6.45, 7) is 7.82. The highest BCUT2D eigenvalue weighted by Gasteiger charge is 2.28. The molecular formula is C24H37N3O2. The molecule has 2 aliphatic rings. The van der Waals surface area contributed by atoms with Crippen molar-refractivity contribution in [2.75, 3.05) is 46.8 Å². The lowest BCUT2D eigenvalue weighted by atomic mass is 9.84. The zero-order valence-electron chi connectivity index (χ0n) is 18.6. The van der Waals surface area contributed by atoms with E-state index in [1.165, 1.54) is 36.0 Å². The standard InChI is InChI=1S/C24H37N3O2/c1-18(2)22(21-9-8-19-6-5-7-20(19)16-21)17-24(29)27-14-12-26(13-15-27)23(28)10-11-25(3)4/h8-9,16,18,22H,5-7,10-15,17H2,1-4H3. The molecule has 1 aromatic carbocycles. The van der Waals surface area contributed by atoms with Crippen molar-refractivity contribution in [3.63, 3.8) is 0 Å². The second kappa shape index (κ2) is 9.75. The van der Waals surface area contributed by atoms with Crippen LogP contribution in [0.2, 0.25) is 0 Å². The predicted octanol–water partition coefficient (Wildman–Crippen LogP) is 2.93. The maximum absolute atomic E-state index is 13.0. The van der Waals surface area contributed by atoms with E-state index in [-0.39, 0.29) is 17.7 Å². The summed E-state index contributed by atoms with van der Waals surface area (Å²) in [6.07, 6.45) is 4.73. The average molecular weight is 400 g/mol. The van der Waals surface area contributed by atoms with Gasteiger partial charge < -0.3 is 14.7 Å². The fourth-order valence-corrected chi connectivity index (χ4v) is 4.56. The van der Waals surface area contributed by atoms with Crippen molar-refractivity contribution in [3.8, 4) is 0 Å². The lowest BCUT2D eigenvalue weighted by molar-refractivity contribution is -0.140. The second-order valence-corrected chi connectivity index (χ2v) is 9.25. The summed E-state index contributed by atoms with van der Waals surface area (Å²) in [5.41, 5.74) is 4.27. The number of piperazine rings is 1. The van der Waals surface area contributed by atoms with Gasteiger partial charge in [0.1, 0.15) is 0 Å². The third kappa shape index (κ3) is 5.59. The fraction of sp³-hybridized carbons (Fsp3) is 0.667. The number of aryl methyl sites for hydroxylation is 2. The zero-order chi connectivity index (χ0) is 21.0. The first kappa shape index (κ1) is 21.8. The van der Waals surface area contributed by atoms with Gasteiger partial charge in [0.15, 0.2) is 0 Å².